The normalized spacial score (nSPS) is 19.9. The lowest BCUT2D eigenvalue weighted by Crippen LogP contribution is -2.59. The van der Waals surface area contributed by atoms with E-state index < -0.39 is 0 Å². The first-order valence-electron chi connectivity index (χ1n) is 10.6. The summed E-state index contributed by atoms with van der Waals surface area (Å²) in [6.45, 7) is 15.2. The Bertz CT molecular complexity index is 719. The zero-order valence-electron chi connectivity index (χ0n) is 18.2. The molecule has 27 heavy (non-hydrogen) atoms. The molecular formula is C26H37N. The fourth-order valence-electron chi connectivity index (χ4n) is 5.41. The van der Waals surface area contributed by atoms with Crippen LogP contribution in [0.25, 0.3) is 0 Å². The summed E-state index contributed by atoms with van der Waals surface area (Å²) < 4.78 is 0. The van der Waals surface area contributed by atoms with E-state index in [4.69, 9.17) is 0 Å². The van der Waals surface area contributed by atoms with Crippen molar-refractivity contribution in [3.8, 4) is 0 Å². The quantitative estimate of drug-likeness (QED) is 0.583. The predicted octanol–water partition coefficient (Wildman–Crippen LogP) is 6.54. The molecule has 0 radical (unpaired) electrons. The van der Waals surface area contributed by atoms with Gasteiger partial charge in [-0.15, -0.1) is 0 Å². The second-order valence-corrected chi connectivity index (χ2v) is 9.70. The molecule has 0 bridgehead atoms. The first kappa shape index (κ1) is 20.1. The highest BCUT2D eigenvalue weighted by Crippen LogP contribution is 2.45. The molecule has 1 nitrogen and oxygen atoms in total. The van der Waals surface area contributed by atoms with Gasteiger partial charge in [-0.05, 0) is 89.5 Å². The van der Waals surface area contributed by atoms with Gasteiger partial charge >= 0.3 is 0 Å². The van der Waals surface area contributed by atoms with E-state index in [2.05, 4.69) is 95.0 Å². The van der Waals surface area contributed by atoms with Crippen LogP contribution in [0.5, 0.6) is 0 Å². The summed E-state index contributed by atoms with van der Waals surface area (Å²) in [5.74, 6) is 0.656. The third-order valence-corrected chi connectivity index (χ3v) is 6.54. The largest absolute Gasteiger partial charge is 0.293 e. The number of piperidine rings is 1. The summed E-state index contributed by atoms with van der Waals surface area (Å²) in [5.41, 5.74) is 6.24. The number of hydrogen-bond donors (Lipinski definition) is 0. The fraction of sp³-hybridized carbons (Fsp3) is 0.538. The molecular weight excluding hydrogens is 326 g/mol. The molecule has 0 N–H and O–H groups in total. The Morgan fingerprint density at radius 2 is 1.22 bits per heavy atom. The minimum atomic E-state index is 0.255. The van der Waals surface area contributed by atoms with Crippen LogP contribution in [0, 0.1) is 6.92 Å². The molecule has 1 heterocycles. The maximum Gasteiger partial charge on any atom is 0.0164 e. The second kappa shape index (κ2) is 7.80. The van der Waals surface area contributed by atoms with Gasteiger partial charge in [-0.2, -0.15) is 0 Å². The highest BCUT2D eigenvalue weighted by atomic mass is 15.3. The third-order valence-electron chi connectivity index (χ3n) is 6.54. The van der Waals surface area contributed by atoms with Crippen molar-refractivity contribution in [3.63, 3.8) is 0 Å². The Morgan fingerprint density at radius 3 is 1.67 bits per heavy atom. The van der Waals surface area contributed by atoms with Crippen molar-refractivity contribution < 1.29 is 0 Å². The third kappa shape index (κ3) is 4.63. The van der Waals surface area contributed by atoms with Gasteiger partial charge in [0.2, 0.25) is 0 Å². The molecule has 0 aromatic heterocycles. The van der Waals surface area contributed by atoms with Gasteiger partial charge in [0, 0.05) is 11.1 Å². The summed E-state index contributed by atoms with van der Waals surface area (Å²) in [4.78, 5) is 2.69. The molecule has 0 amide bonds. The Labute approximate surface area is 166 Å². The smallest absolute Gasteiger partial charge is 0.0164 e. The average Bonchev–Trinajstić information content (AvgIpc) is 2.60. The van der Waals surface area contributed by atoms with E-state index in [1.54, 1.807) is 0 Å². The lowest BCUT2D eigenvalue weighted by Gasteiger charge is -2.55. The van der Waals surface area contributed by atoms with Gasteiger partial charge in [0.15, 0.2) is 0 Å². The molecule has 0 spiro atoms. The van der Waals surface area contributed by atoms with Gasteiger partial charge in [0.1, 0.15) is 0 Å². The van der Waals surface area contributed by atoms with E-state index in [0.29, 0.717) is 5.92 Å². The van der Waals surface area contributed by atoms with Crippen molar-refractivity contribution in [2.75, 3.05) is 6.54 Å². The second-order valence-electron chi connectivity index (χ2n) is 9.70. The minimum absolute atomic E-state index is 0.255. The molecule has 2 aromatic rings. The molecule has 1 aliphatic heterocycles. The van der Waals surface area contributed by atoms with Crippen molar-refractivity contribution >= 4 is 0 Å². The Kier molecular flexibility index (Phi) is 5.82. The summed E-state index contributed by atoms with van der Waals surface area (Å²) >= 11 is 0. The summed E-state index contributed by atoms with van der Waals surface area (Å²) in [6, 6.07) is 18.4. The Morgan fingerprint density at radius 1 is 0.778 bits per heavy atom. The average molecular weight is 364 g/mol. The number of rotatable bonds is 5. The molecule has 0 aliphatic carbocycles. The number of nitrogens with zero attached hydrogens (tertiary/aromatic N) is 1. The van der Waals surface area contributed by atoms with Crippen molar-refractivity contribution in [1.82, 2.24) is 4.90 Å². The monoisotopic (exact) mass is 363 g/mol. The lowest BCUT2D eigenvalue weighted by atomic mass is 9.71. The van der Waals surface area contributed by atoms with E-state index in [1.165, 1.54) is 35.1 Å². The van der Waals surface area contributed by atoms with Crippen LogP contribution < -0.4 is 0 Å². The van der Waals surface area contributed by atoms with E-state index in [9.17, 15) is 0 Å². The molecule has 1 fully saturated rings. The molecule has 146 valence electrons. The SMILES string of the molecule is CCN1C(C)(C)CC(c2ccc(CCc3ccc(C)cc3)cc2)CC1(C)C. The first-order chi connectivity index (χ1) is 12.7. The van der Waals surface area contributed by atoms with Crippen LogP contribution >= 0.6 is 0 Å². The fourth-order valence-corrected chi connectivity index (χ4v) is 5.41. The maximum atomic E-state index is 2.69. The van der Waals surface area contributed by atoms with Crippen LogP contribution in [0.15, 0.2) is 48.5 Å². The number of benzene rings is 2. The van der Waals surface area contributed by atoms with Crippen molar-refractivity contribution in [3.05, 3.63) is 70.8 Å². The molecule has 1 saturated heterocycles. The van der Waals surface area contributed by atoms with Gasteiger partial charge in [-0.3, -0.25) is 4.90 Å². The predicted molar refractivity (Wildman–Crippen MR) is 118 cm³/mol. The molecule has 1 aliphatic rings. The number of likely N-dealkylation sites (tertiary alicyclic amines) is 1. The first-order valence-corrected chi connectivity index (χ1v) is 10.6. The summed E-state index contributed by atoms with van der Waals surface area (Å²) in [6.07, 6.45) is 4.73. The zero-order valence-corrected chi connectivity index (χ0v) is 18.2. The van der Waals surface area contributed by atoms with E-state index in [-0.39, 0.29) is 11.1 Å². The maximum absolute atomic E-state index is 2.69. The topological polar surface area (TPSA) is 3.24 Å². The Hall–Kier alpha value is -1.60. The van der Waals surface area contributed by atoms with Crippen molar-refractivity contribution in [1.29, 1.82) is 0 Å². The van der Waals surface area contributed by atoms with Gasteiger partial charge in [-0.25, -0.2) is 0 Å². The lowest BCUT2D eigenvalue weighted by molar-refractivity contribution is -0.0316. The minimum Gasteiger partial charge on any atom is -0.293 e. The van der Waals surface area contributed by atoms with E-state index >= 15 is 0 Å². The van der Waals surface area contributed by atoms with Gasteiger partial charge < -0.3 is 0 Å². The van der Waals surface area contributed by atoms with Gasteiger partial charge in [0.05, 0.1) is 0 Å². The van der Waals surface area contributed by atoms with Crippen LogP contribution in [0.1, 0.15) is 75.6 Å². The van der Waals surface area contributed by atoms with Crippen molar-refractivity contribution in [2.45, 2.75) is 84.2 Å². The number of aryl methyl sites for hydroxylation is 3. The van der Waals surface area contributed by atoms with Crippen LogP contribution in [-0.4, -0.2) is 22.5 Å². The van der Waals surface area contributed by atoms with Crippen LogP contribution in [0.2, 0.25) is 0 Å². The van der Waals surface area contributed by atoms with Crippen LogP contribution in [-0.2, 0) is 12.8 Å². The van der Waals surface area contributed by atoms with E-state index in [0.717, 1.165) is 19.4 Å². The van der Waals surface area contributed by atoms with Gasteiger partial charge in [0.25, 0.3) is 0 Å². The molecule has 2 aromatic carbocycles. The number of hydrogen-bond acceptors (Lipinski definition) is 1. The standard InChI is InChI=1S/C26H37N/c1-7-27-25(3,4)18-24(19-26(27,5)6)23-16-14-22(15-17-23)13-12-21-10-8-20(2)9-11-21/h8-11,14-17,24H,7,12-13,18-19H2,1-6H3. The molecule has 3 rings (SSSR count). The molecule has 1 heteroatoms. The zero-order chi connectivity index (χ0) is 19.7. The highest BCUT2D eigenvalue weighted by molar-refractivity contribution is 5.29. The summed E-state index contributed by atoms with van der Waals surface area (Å²) in [5, 5.41) is 0. The van der Waals surface area contributed by atoms with Crippen LogP contribution in [0.4, 0.5) is 0 Å². The summed E-state index contributed by atoms with van der Waals surface area (Å²) in [7, 11) is 0. The Balaban J connectivity index is 1.67. The highest BCUT2D eigenvalue weighted by Gasteiger charge is 2.44. The van der Waals surface area contributed by atoms with Crippen LogP contribution in [0.3, 0.4) is 0 Å². The van der Waals surface area contributed by atoms with E-state index in [1.807, 2.05) is 0 Å². The van der Waals surface area contributed by atoms with Gasteiger partial charge in [-0.1, -0.05) is 61.0 Å². The molecule has 0 atom stereocenters. The molecule has 0 unspecified atom stereocenters. The molecule has 0 saturated carbocycles. The van der Waals surface area contributed by atoms with Crippen molar-refractivity contribution in [2.24, 2.45) is 0 Å².